The van der Waals surface area contributed by atoms with Crippen molar-refractivity contribution in [3.63, 3.8) is 0 Å². The van der Waals surface area contributed by atoms with E-state index < -0.39 is 17.6 Å². The first kappa shape index (κ1) is 21.0. The summed E-state index contributed by atoms with van der Waals surface area (Å²) in [5.41, 5.74) is 1.19. The average Bonchev–Trinajstić information content (AvgIpc) is 3.07. The molecule has 0 aliphatic heterocycles. The third kappa shape index (κ3) is 4.42. The average molecular weight is 430 g/mol. The van der Waals surface area contributed by atoms with Crippen molar-refractivity contribution in [1.29, 1.82) is 0 Å². The fourth-order valence-electron chi connectivity index (χ4n) is 3.94. The number of carboxylic acids is 1. The van der Waals surface area contributed by atoms with Gasteiger partial charge in [0.05, 0.1) is 17.8 Å². The van der Waals surface area contributed by atoms with Crippen molar-refractivity contribution in [1.82, 2.24) is 19.5 Å². The number of hydrogen-bond acceptors (Lipinski definition) is 6. The van der Waals surface area contributed by atoms with Crippen LogP contribution in [0.5, 0.6) is 0 Å². The number of carboxylic acid groups (broad SMARTS) is 1. The number of nitrogens with one attached hydrogen (secondary N) is 2. The van der Waals surface area contributed by atoms with Crippen molar-refractivity contribution < 1.29 is 18.7 Å². The number of aromatic nitrogens is 4. The molecule has 0 unspecified atom stereocenters. The second-order valence-corrected chi connectivity index (χ2v) is 8.10. The van der Waals surface area contributed by atoms with Gasteiger partial charge in [-0.3, -0.25) is 9.36 Å². The Balaban J connectivity index is 1.75. The Morgan fingerprint density at radius 1 is 1.19 bits per heavy atom. The highest BCUT2D eigenvalue weighted by molar-refractivity contribution is 5.77. The summed E-state index contributed by atoms with van der Waals surface area (Å²) in [7, 11) is 0. The van der Waals surface area contributed by atoms with Gasteiger partial charge in [0.2, 0.25) is 11.9 Å². The first-order valence-electron chi connectivity index (χ1n) is 10.3. The number of rotatable bonds is 6. The van der Waals surface area contributed by atoms with Gasteiger partial charge in [0, 0.05) is 18.2 Å². The Morgan fingerprint density at radius 2 is 1.94 bits per heavy atom. The molecule has 164 valence electrons. The highest BCUT2D eigenvalue weighted by Crippen LogP contribution is 2.37. The van der Waals surface area contributed by atoms with Crippen molar-refractivity contribution >= 4 is 34.7 Å². The molecule has 3 N–H and O–H groups in total. The predicted octanol–water partition coefficient (Wildman–Crippen LogP) is 4.48. The Hall–Kier alpha value is -3.30. The van der Waals surface area contributed by atoms with Crippen molar-refractivity contribution in [2.45, 2.75) is 51.6 Å². The van der Waals surface area contributed by atoms with E-state index >= 15 is 0 Å². The lowest BCUT2D eigenvalue weighted by molar-refractivity contribution is -0.143. The number of fused-ring (bicyclic) bond motifs is 1. The van der Waals surface area contributed by atoms with E-state index in [-0.39, 0.29) is 23.7 Å². The van der Waals surface area contributed by atoms with Gasteiger partial charge in [-0.05, 0) is 51.7 Å². The van der Waals surface area contributed by atoms with Gasteiger partial charge in [-0.25, -0.2) is 18.7 Å². The molecule has 1 fully saturated rings. The minimum atomic E-state index is -0.786. The Morgan fingerprint density at radius 3 is 2.58 bits per heavy atom. The fourth-order valence-corrected chi connectivity index (χ4v) is 3.94. The van der Waals surface area contributed by atoms with Crippen LogP contribution in [0.1, 0.15) is 45.6 Å². The predicted molar refractivity (Wildman–Crippen MR) is 112 cm³/mol. The molecule has 8 nitrogen and oxygen atoms in total. The number of imidazole rings is 1. The van der Waals surface area contributed by atoms with E-state index in [1.54, 1.807) is 6.20 Å². The van der Waals surface area contributed by atoms with Crippen LogP contribution >= 0.6 is 0 Å². The Kier molecular flexibility index (Phi) is 5.71. The number of hydrogen-bond donors (Lipinski definition) is 3. The topological polar surface area (TPSA) is 105 Å². The van der Waals surface area contributed by atoms with Gasteiger partial charge in [-0.2, -0.15) is 4.98 Å². The third-order valence-corrected chi connectivity index (χ3v) is 5.44. The summed E-state index contributed by atoms with van der Waals surface area (Å²) in [4.78, 5) is 24.8. The largest absolute Gasteiger partial charge is 0.481 e. The van der Waals surface area contributed by atoms with Crippen LogP contribution in [-0.2, 0) is 4.79 Å². The molecule has 2 aromatic heterocycles. The molecule has 1 saturated carbocycles. The van der Waals surface area contributed by atoms with Gasteiger partial charge in [0.15, 0.2) is 5.65 Å². The molecule has 1 aromatic carbocycles. The van der Waals surface area contributed by atoms with Crippen molar-refractivity contribution in [2.75, 3.05) is 10.6 Å². The number of benzene rings is 1. The molecule has 3 aromatic rings. The van der Waals surface area contributed by atoms with Crippen LogP contribution in [0.15, 0.2) is 24.4 Å². The van der Waals surface area contributed by atoms with Crippen LogP contribution in [0, 0.1) is 17.6 Å². The number of carbonyl (C=O) groups is 1. The molecule has 1 aliphatic rings. The van der Waals surface area contributed by atoms with E-state index in [4.69, 9.17) is 0 Å². The molecule has 1 aliphatic carbocycles. The van der Waals surface area contributed by atoms with Gasteiger partial charge in [0.1, 0.15) is 17.2 Å². The molecule has 31 heavy (non-hydrogen) atoms. The minimum absolute atomic E-state index is 0.0617. The number of anilines is 3. The van der Waals surface area contributed by atoms with E-state index in [0.29, 0.717) is 48.7 Å². The third-order valence-electron chi connectivity index (χ3n) is 5.44. The fraction of sp³-hybridized carbons (Fsp3) is 0.429. The maximum Gasteiger partial charge on any atom is 0.306 e. The molecule has 0 atom stereocenters. The maximum absolute atomic E-state index is 14.3. The molecule has 0 spiro atoms. The highest BCUT2D eigenvalue weighted by atomic mass is 19.1. The van der Waals surface area contributed by atoms with Crippen molar-refractivity contribution in [3.05, 3.63) is 36.0 Å². The van der Waals surface area contributed by atoms with Crippen LogP contribution in [-0.4, -0.2) is 36.6 Å². The van der Waals surface area contributed by atoms with E-state index in [9.17, 15) is 18.7 Å². The SMILES string of the molecule is CC(C)Nc1ncc2nc(Nc3ccc(F)cc3F)n([C@H]3CC[C@@H](C(=O)O)CC3)c2n1. The van der Waals surface area contributed by atoms with Gasteiger partial charge >= 0.3 is 5.97 Å². The summed E-state index contributed by atoms with van der Waals surface area (Å²) in [6.07, 6.45) is 3.91. The second-order valence-electron chi connectivity index (χ2n) is 8.10. The Labute approximate surface area is 177 Å². The highest BCUT2D eigenvalue weighted by Gasteiger charge is 2.30. The molecule has 0 bridgehead atoms. The monoisotopic (exact) mass is 430 g/mol. The van der Waals surface area contributed by atoms with Crippen molar-refractivity contribution in [2.24, 2.45) is 5.92 Å². The molecule has 0 radical (unpaired) electrons. The molecule has 0 saturated heterocycles. The van der Waals surface area contributed by atoms with E-state index in [0.717, 1.165) is 6.07 Å². The molecule has 10 heteroatoms. The number of halogens is 2. The van der Waals surface area contributed by atoms with E-state index in [1.807, 2.05) is 18.4 Å². The molecule has 4 rings (SSSR count). The lowest BCUT2D eigenvalue weighted by Crippen LogP contribution is -2.24. The first-order valence-corrected chi connectivity index (χ1v) is 10.3. The van der Waals surface area contributed by atoms with Crippen LogP contribution in [0.25, 0.3) is 11.2 Å². The van der Waals surface area contributed by atoms with Crippen LogP contribution in [0.3, 0.4) is 0 Å². The summed E-state index contributed by atoms with van der Waals surface area (Å²) < 4.78 is 29.5. The standard InChI is InChI=1S/C21H24F2N6O2/c1-11(2)25-20-24-10-17-18(28-20)29(14-6-3-12(4-7-14)19(30)31)21(27-17)26-16-8-5-13(22)9-15(16)23/h5,8-12,14H,3-4,6-7H2,1-2H3,(H,26,27)(H,30,31)(H,24,25,28)/t12-,14+. The smallest absolute Gasteiger partial charge is 0.306 e. The lowest BCUT2D eigenvalue weighted by atomic mass is 9.86. The van der Waals surface area contributed by atoms with Gasteiger partial charge in [0.25, 0.3) is 0 Å². The molecular formula is C21H24F2N6O2. The summed E-state index contributed by atoms with van der Waals surface area (Å²) in [5.74, 6) is -1.76. The minimum Gasteiger partial charge on any atom is -0.481 e. The maximum atomic E-state index is 14.3. The van der Waals surface area contributed by atoms with Crippen LogP contribution < -0.4 is 10.6 Å². The summed E-state index contributed by atoms with van der Waals surface area (Å²) in [6, 6.07) is 3.35. The molecular weight excluding hydrogens is 406 g/mol. The summed E-state index contributed by atoms with van der Waals surface area (Å²) >= 11 is 0. The van der Waals surface area contributed by atoms with Crippen LogP contribution in [0.4, 0.5) is 26.4 Å². The van der Waals surface area contributed by atoms with Crippen molar-refractivity contribution in [3.8, 4) is 0 Å². The number of aliphatic carboxylic acids is 1. The summed E-state index contributed by atoms with van der Waals surface area (Å²) in [6.45, 7) is 3.95. The first-order chi connectivity index (χ1) is 14.8. The zero-order chi connectivity index (χ0) is 22.1. The van der Waals surface area contributed by atoms with Crippen LogP contribution in [0.2, 0.25) is 0 Å². The zero-order valence-electron chi connectivity index (χ0n) is 17.3. The lowest BCUT2D eigenvalue weighted by Gasteiger charge is -2.28. The zero-order valence-corrected chi connectivity index (χ0v) is 17.3. The quantitative estimate of drug-likeness (QED) is 0.529. The van der Waals surface area contributed by atoms with E-state index in [1.165, 1.54) is 12.1 Å². The Bertz CT molecular complexity index is 1110. The van der Waals surface area contributed by atoms with Gasteiger partial charge < -0.3 is 15.7 Å². The molecule has 0 amide bonds. The normalized spacial score (nSPS) is 19.0. The van der Waals surface area contributed by atoms with E-state index in [2.05, 4.69) is 25.6 Å². The molecule has 2 heterocycles. The number of nitrogens with zero attached hydrogens (tertiary/aromatic N) is 4. The van der Waals surface area contributed by atoms with Gasteiger partial charge in [-0.1, -0.05) is 0 Å². The second kappa shape index (κ2) is 8.44. The summed E-state index contributed by atoms with van der Waals surface area (Å²) in [5, 5.41) is 15.4. The van der Waals surface area contributed by atoms with Gasteiger partial charge in [-0.15, -0.1) is 0 Å².